The van der Waals surface area contributed by atoms with Gasteiger partial charge < -0.3 is 16.4 Å². The average Bonchev–Trinajstić information content (AvgIpc) is 3.09. The first-order valence-electron chi connectivity index (χ1n) is 7.87. The van der Waals surface area contributed by atoms with Gasteiger partial charge in [-0.25, -0.2) is 4.79 Å². The van der Waals surface area contributed by atoms with E-state index in [-0.39, 0.29) is 31.0 Å². The maximum atomic E-state index is 12.5. The van der Waals surface area contributed by atoms with Crippen LogP contribution in [0, 0.1) is 0 Å². The highest BCUT2D eigenvalue weighted by Gasteiger charge is 2.52. The van der Waals surface area contributed by atoms with E-state index in [1.54, 1.807) is 0 Å². The molecule has 7 nitrogen and oxygen atoms in total. The van der Waals surface area contributed by atoms with E-state index in [9.17, 15) is 9.59 Å². The Balaban J connectivity index is 1.55. The average molecular weight is 315 g/mol. The lowest BCUT2D eigenvalue weighted by Crippen LogP contribution is -2.44. The molecule has 1 heterocycles. The minimum Gasteiger partial charge on any atom is -0.370 e. The molecule has 0 bridgehead atoms. The van der Waals surface area contributed by atoms with E-state index in [0.29, 0.717) is 0 Å². The first kappa shape index (κ1) is 15.3. The third-order valence-corrected chi connectivity index (χ3v) is 4.35. The van der Waals surface area contributed by atoms with Crippen molar-refractivity contribution in [3.8, 4) is 0 Å². The normalized spacial score (nSPS) is 20.2. The number of urea groups is 1. The van der Waals surface area contributed by atoms with Gasteiger partial charge in [-0.15, -0.1) is 0 Å². The zero-order valence-electron chi connectivity index (χ0n) is 12.9. The molecule has 1 aliphatic carbocycles. The zero-order chi connectivity index (χ0) is 16.3. The van der Waals surface area contributed by atoms with Crippen molar-refractivity contribution >= 4 is 23.6 Å². The Bertz CT molecular complexity index is 623. The van der Waals surface area contributed by atoms with Gasteiger partial charge >= 0.3 is 6.03 Å². The standard InChI is InChI=1S/C16H21N5O2/c17-14(19-12-6-2-1-3-7-12)18-10-11-21-13(22)16(20-15(21)23)8-4-5-9-16/h1-3,6-7H,4-5,8-11H2,(H,20,23)(H3,17,18,19). The predicted octanol–water partition coefficient (Wildman–Crippen LogP) is 1.28. The number of nitrogens with two attached hydrogens (primary N) is 1. The summed E-state index contributed by atoms with van der Waals surface area (Å²) in [6.07, 6.45) is 3.42. The zero-order valence-corrected chi connectivity index (χ0v) is 12.9. The smallest absolute Gasteiger partial charge is 0.325 e. The van der Waals surface area contributed by atoms with Crippen LogP contribution in [0.3, 0.4) is 0 Å². The number of amides is 3. The van der Waals surface area contributed by atoms with Crippen molar-refractivity contribution in [3.63, 3.8) is 0 Å². The highest BCUT2D eigenvalue weighted by molar-refractivity contribution is 6.07. The Labute approximate surface area is 134 Å². The number of hydrogen-bond donors (Lipinski definition) is 3. The van der Waals surface area contributed by atoms with E-state index in [2.05, 4.69) is 15.6 Å². The van der Waals surface area contributed by atoms with Crippen molar-refractivity contribution in [1.29, 1.82) is 0 Å². The lowest BCUT2D eigenvalue weighted by atomic mass is 9.98. The van der Waals surface area contributed by atoms with E-state index >= 15 is 0 Å². The fourth-order valence-corrected chi connectivity index (χ4v) is 3.18. The third kappa shape index (κ3) is 3.13. The Morgan fingerprint density at radius 1 is 1.26 bits per heavy atom. The molecule has 1 saturated heterocycles. The Kier molecular flexibility index (Phi) is 4.18. The molecule has 122 valence electrons. The first-order chi connectivity index (χ1) is 11.1. The number of hydrogen-bond acceptors (Lipinski definition) is 3. The number of nitrogens with one attached hydrogen (secondary N) is 2. The lowest BCUT2D eigenvalue weighted by molar-refractivity contribution is -0.131. The number of guanidine groups is 1. The van der Waals surface area contributed by atoms with Crippen LogP contribution in [-0.2, 0) is 4.79 Å². The molecule has 7 heteroatoms. The van der Waals surface area contributed by atoms with Crippen LogP contribution in [0.15, 0.2) is 35.3 Å². The second kappa shape index (κ2) is 6.28. The van der Waals surface area contributed by atoms with Crippen LogP contribution in [-0.4, -0.2) is 41.4 Å². The van der Waals surface area contributed by atoms with E-state index in [1.165, 1.54) is 4.90 Å². The molecule has 0 atom stereocenters. The number of imide groups is 1. The highest BCUT2D eigenvalue weighted by Crippen LogP contribution is 2.34. The summed E-state index contributed by atoms with van der Waals surface area (Å²) in [7, 11) is 0. The number of aliphatic imine (C=N–C) groups is 1. The molecule has 0 aromatic heterocycles. The van der Waals surface area contributed by atoms with Gasteiger partial charge in [-0.1, -0.05) is 31.0 Å². The molecule has 0 unspecified atom stereocenters. The van der Waals surface area contributed by atoms with Crippen molar-refractivity contribution in [3.05, 3.63) is 30.3 Å². The number of para-hydroxylation sites is 1. The molecule has 23 heavy (non-hydrogen) atoms. The van der Waals surface area contributed by atoms with Gasteiger partial charge in [-0.3, -0.25) is 14.7 Å². The second-order valence-corrected chi connectivity index (χ2v) is 5.93. The summed E-state index contributed by atoms with van der Waals surface area (Å²) in [5, 5.41) is 5.81. The molecular weight excluding hydrogens is 294 g/mol. The molecule has 1 aliphatic heterocycles. The summed E-state index contributed by atoms with van der Waals surface area (Å²) >= 11 is 0. The highest BCUT2D eigenvalue weighted by atomic mass is 16.2. The SMILES string of the molecule is NC(=NCCN1C(=O)NC2(CCCC2)C1=O)Nc1ccccc1. The van der Waals surface area contributed by atoms with Gasteiger partial charge in [0.15, 0.2) is 5.96 Å². The van der Waals surface area contributed by atoms with Crippen molar-refractivity contribution in [2.45, 2.75) is 31.2 Å². The topological polar surface area (TPSA) is 99.8 Å². The van der Waals surface area contributed by atoms with Gasteiger partial charge in [-0.05, 0) is 25.0 Å². The summed E-state index contributed by atoms with van der Waals surface area (Å²) in [5.74, 6) is 0.142. The maximum Gasteiger partial charge on any atom is 0.325 e. The fraction of sp³-hybridized carbons (Fsp3) is 0.438. The van der Waals surface area contributed by atoms with Crippen molar-refractivity contribution in [2.75, 3.05) is 18.4 Å². The summed E-state index contributed by atoms with van der Waals surface area (Å²) < 4.78 is 0. The first-order valence-corrected chi connectivity index (χ1v) is 7.87. The minimum atomic E-state index is -0.658. The molecule has 0 radical (unpaired) electrons. The summed E-state index contributed by atoms with van der Waals surface area (Å²) in [6.45, 7) is 0.518. The van der Waals surface area contributed by atoms with Gasteiger partial charge in [0.05, 0.1) is 13.1 Å². The summed E-state index contributed by atoms with van der Waals surface area (Å²) in [6, 6.07) is 9.14. The third-order valence-electron chi connectivity index (χ3n) is 4.35. The number of carbonyl (C=O) groups is 2. The molecule has 1 spiro atoms. The van der Waals surface area contributed by atoms with Crippen LogP contribution in [0.2, 0.25) is 0 Å². The monoisotopic (exact) mass is 315 g/mol. The van der Waals surface area contributed by atoms with Crippen molar-refractivity contribution < 1.29 is 9.59 Å². The van der Waals surface area contributed by atoms with E-state index in [4.69, 9.17) is 5.73 Å². The van der Waals surface area contributed by atoms with Crippen LogP contribution in [0.25, 0.3) is 0 Å². The maximum absolute atomic E-state index is 12.5. The predicted molar refractivity (Wildman–Crippen MR) is 88.0 cm³/mol. The molecule has 1 saturated carbocycles. The van der Waals surface area contributed by atoms with Gasteiger partial charge in [0.2, 0.25) is 0 Å². The van der Waals surface area contributed by atoms with Crippen LogP contribution < -0.4 is 16.4 Å². The largest absolute Gasteiger partial charge is 0.370 e. The van der Waals surface area contributed by atoms with Gasteiger partial charge in [-0.2, -0.15) is 0 Å². The molecule has 2 fully saturated rings. The quantitative estimate of drug-likeness (QED) is 0.443. The summed E-state index contributed by atoms with van der Waals surface area (Å²) in [4.78, 5) is 29.9. The Hall–Kier alpha value is -2.57. The molecule has 3 rings (SSSR count). The van der Waals surface area contributed by atoms with Gasteiger partial charge in [0.25, 0.3) is 5.91 Å². The number of rotatable bonds is 4. The minimum absolute atomic E-state index is 0.121. The van der Waals surface area contributed by atoms with Crippen molar-refractivity contribution in [1.82, 2.24) is 10.2 Å². The molecule has 1 aromatic rings. The number of nitrogens with zero attached hydrogens (tertiary/aromatic N) is 2. The summed E-state index contributed by atoms with van der Waals surface area (Å²) in [5.41, 5.74) is 5.99. The lowest BCUT2D eigenvalue weighted by Gasteiger charge is -2.19. The Morgan fingerprint density at radius 2 is 1.96 bits per heavy atom. The van der Waals surface area contributed by atoms with Crippen LogP contribution in [0.1, 0.15) is 25.7 Å². The van der Waals surface area contributed by atoms with E-state index < -0.39 is 5.54 Å². The number of carbonyl (C=O) groups excluding carboxylic acids is 2. The molecule has 2 aliphatic rings. The van der Waals surface area contributed by atoms with Crippen LogP contribution in [0.5, 0.6) is 0 Å². The van der Waals surface area contributed by atoms with Gasteiger partial charge in [0.1, 0.15) is 5.54 Å². The van der Waals surface area contributed by atoms with Gasteiger partial charge in [0, 0.05) is 5.69 Å². The Morgan fingerprint density at radius 3 is 2.65 bits per heavy atom. The second-order valence-electron chi connectivity index (χ2n) is 5.93. The van der Waals surface area contributed by atoms with Crippen molar-refractivity contribution in [2.24, 2.45) is 10.7 Å². The van der Waals surface area contributed by atoms with E-state index in [0.717, 1.165) is 31.4 Å². The molecule has 1 aromatic carbocycles. The van der Waals surface area contributed by atoms with Crippen LogP contribution >= 0.6 is 0 Å². The molecular formula is C16H21N5O2. The molecule has 3 amide bonds. The number of anilines is 1. The fourth-order valence-electron chi connectivity index (χ4n) is 3.18. The number of benzene rings is 1. The molecule has 4 N–H and O–H groups in total. The van der Waals surface area contributed by atoms with E-state index in [1.807, 2.05) is 30.3 Å². The van der Waals surface area contributed by atoms with Crippen LogP contribution in [0.4, 0.5) is 10.5 Å².